The largest absolute Gasteiger partial charge is 0.478 e. The highest BCUT2D eigenvalue weighted by Crippen LogP contribution is 2.52. The molecule has 3 atom stereocenters. The lowest BCUT2D eigenvalue weighted by Gasteiger charge is -2.20. The molecular weight excluding hydrogens is 245 g/mol. The predicted octanol–water partition coefficient (Wildman–Crippen LogP) is 1.88. The summed E-state index contributed by atoms with van der Waals surface area (Å²) in [5.41, 5.74) is 0. The smallest absolute Gasteiger partial charge is 0.268 e. The number of nitrogens with zero attached hydrogens (tertiary/aromatic N) is 3. The number of hydrogen-bond donors (Lipinski definition) is 0. The minimum absolute atomic E-state index is 1.04. The molecular formula is C9H12N3O4P. The van der Waals surface area contributed by atoms with Crippen molar-refractivity contribution in [3.05, 3.63) is 0 Å². The van der Waals surface area contributed by atoms with Crippen molar-refractivity contribution in [3.63, 3.8) is 0 Å². The van der Waals surface area contributed by atoms with Crippen LogP contribution in [-0.4, -0.2) is 18.3 Å². The molecule has 92 valence electrons. The van der Waals surface area contributed by atoms with Crippen molar-refractivity contribution in [1.82, 2.24) is 0 Å². The van der Waals surface area contributed by atoms with Gasteiger partial charge >= 0.3 is 7.82 Å². The Morgan fingerprint density at radius 2 is 1.06 bits per heavy atom. The Morgan fingerprint density at radius 3 is 1.24 bits per heavy atom. The Morgan fingerprint density at radius 1 is 0.824 bits per heavy atom. The Labute approximate surface area is 99.7 Å². The van der Waals surface area contributed by atoms with Crippen LogP contribution in [0.5, 0.6) is 0 Å². The predicted molar refractivity (Wildman–Crippen MR) is 56.1 cm³/mol. The van der Waals surface area contributed by atoms with Gasteiger partial charge in [0.15, 0.2) is 18.3 Å². The molecule has 17 heavy (non-hydrogen) atoms. The van der Waals surface area contributed by atoms with Crippen LogP contribution < -0.4 is 0 Å². The molecule has 0 fully saturated rings. The van der Waals surface area contributed by atoms with Gasteiger partial charge in [0.05, 0.1) is 18.2 Å². The van der Waals surface area contributed by atoms with E-state index < -0.39 is 26.1 Å². The molecule has 0 heterocycles. The minimum Gasteiger partial charge on any atom is -0.268 e. The summed E-state index contributed by atoms with van der Waals surface area (Å²) >= 11 is 0. The molecule has 0 aliphatic heterocycles. The SMILES string of the molecule is CC(C#N)OP(=O)(OC(C)C#N)OC(C)C#N. The van der Waals surface area contributed by atoms with E-state index in [1.165, 1.54) is 20.8 Å². The van der Waals surface area contributed by atoms with Crippen LogP contribution in [0.3, 0.4) is 0 Å². The molecule has 0 spiro atoms. The number of hydrogen-bond acceptors (Lipinski definition) is 7. The molecule has 0 aliphatic carbocycles. The molecule has 0 aromatic rings. The highest BCUT2D eigenvalue weighted by atomic mass is 31.2. The number of nitriles is 3. The van der Waals surface area contributed by atoms with Crippen molar-refractivity contribution in [2.75, 3.05) is 0 Å². The lowest BCUT2D eigenvalue weighted by atomic mass is 10.5. The van der Waals surface area contributed by atoms with Crippen LogP contribution in [0.1, 0.15) is 20.8 Å². The summed E-state index contributed by atoms with van der Waals surface area (Å²) in [6.45, 7) is 4.02. The second-order valence-electron chi connectivity index (χ2n) is 3.08. The van der Waals surface area contributed by atoms with E-state index in [1.807, 2.05) is 0 Å². The second kappa shape index (κ2) is 7.01. The van der Waals surface area contributed by atoms with Crippen LogP contribution in [0.15, 0.2) is 0 Å². The van der Waals surface area contributed by atoms with Crippen LogP contribution in [-0.2, 0) is 18.1 Å². The molecule has 0 saturated carbocycles. The Kier molecular flexibility index (Phi) is 6.43. The van der Waals surface area contributed by atoms with Gasteiger partial charge in [0.1, 0.15) is 0 Å². The second-order valence-corrected chi connectivity index (χ2v) is 4.60. The first-order chi connectivity index (χ1) is 7.86. The van der Waals surface area contributed by atoms with Crippen molar-refractivity contribution >= 4 is 7.82 Å². The average Bonchev–Trinajstić information content (AvgIpc) is 2.27. The monoisotopic (exact) mass is 257 g/mol. The summed E-state index contributed by atoms with van der Waals surface area (Å²) in [6, 6.07) is 5.05. The molecule has 3 unspecified atom stereocenters. The molecule has 0 amide bonds. The van der Waals surface area contributed by atoms with E-state index in [9.17, 15) is 4.57 Å². The lowest BCUT2D eigenvalue weighted by Crippen LogP contribution is -2.15. The molecule has 0 saturated heterocycles. The topological polar surface area (TPSA) is 116 Å². The molecule has 0 radical (unpaired) electrons. The van der Waals surface area contributed by atoms with E-state index in [0.717, 1.165) is 0 Å². The fourth-order valence-electron chi connectivity index (χ4n) is 0.726. The molecule has 0 N–H and O–H groups in total. The Bertz CT molecular complexity index is 358. The van der Waals surface area contributed by atoms with Crippen molar-refractivity contribution < 1.29 is 18.1 Å². The van der Waals surface area contributed by atoms with Crippen LogP contribution in [0.2, 0.25) is 0 Å². The first kappa shape index (κ1) is 15.6. The van der Waals surface area contributed by atoms with Gasteiger partial charge in [0, 0.05) is 0 Å². The van der Waals surface area contributed by atoms with Crippen molar-refractivity contribution in [2.24, 2.45) is 0 Å². The van der Waals surface area contributed by atoms with Crippen molar-refractivity contribution in [2.45, 2.75) is 39.1 Å². The van der Waals surface area contributed by atoms with Gasteiger partial charge in [-0.3, -0.25) is 13.6 Å². The number of rotatable bonds is 6. The van der Waals surface area contributed by atoms with Gasteiger partial charge in [0.2, 0.25) is 0 Å². The van der Waals surface area contributed by atoms with Crippen LogP contribution in [0.4, 0.5) is 0 Å². The maximum Gasteiger partial charge on any atom is 0.478 e. The first-order valence-corrected chi connectivity index (χ1v) is 6.17. The van der Waals surface area contributed by atoms with Gasteiger partial charge in [-0.1, -0.05) is 0 Å². The molecule has 0 aromatic heterocycles. The third-order valence-electron chi connectivity index (χ3n) is 1.41. The number of phosphoric acid groups is 1. The summed E-state index contributed by atoms with van der Waals surface area (Å²) < 4.78 is 26.3. The van der Waals surface area contributed by atoms with E-state index in [2.05, 4.69) is 0 Å². The summed E-state index contributed by atoms with van der Waals surface area (Å²) in [7, 11) is -4.10. The van der Waals surface area contributed by atoms with Gasteiger partial charge in [0.25, 0.3) is 0 Å². The van der Waals surface area contributed by atoms with E-state index in [1.54, 1.807) is 18.2 Å². The normalized spacial score (nSPS) is 18.8. The molecule has 0 bridgehead atoms. The number of phosphoric ester groups is 1. The summed E-state index contributed by atoms with van der Waals surface area (Å²) in [5.74, 6) is 0. The molecule has 0 rings (SSSR count). The van der Waals surface area contributed by atoms with Crippen molar-refractivity contribution in [3.8, 4) is 18.2 Å². The summed E-state index contributed by atoms with van der Waals surface area (Å²) in [4.78, 5) is 0. The van der Waals surface area contributed by atoms with Crippen LogP contribution in [0.25, 0.3) is 0 Å². The fourth-order valence-corrected chi connectivity index (χ4v) is 2.18. The minimum atomic E-state index is -4.10. The molecule has 8 heteroatoms. The zero-order chi connectivity index (χ0) is 13.5. The maximum absolute atomic E-state index is 12.0. The first-order valence-electron chi connectivity index (χ1n) is 4.71. The lowest BCUT2D eigenvalue weighted by molar-refractivity contribution is 0.0796. The van der Waals surface area contributed by atoms with E-state index in [4.69, 9.17) is 29.4 Å². The van der Waals surface area contributed by atoms with E-state index in [-0.39, 0.29) is 0 Å². The third-order valence-corrected chi connectivity index (χ3v) is 3.13. The average molecular weight is 257 g/mol. The highest BCUT2D eigenvalue weighted by molar-refractivity contribution is 7.48. The van der Waals surface area contributed by atoms with E-state index >= 15 is 0 Å². The van der Waals surface area contributed by atoms with Crippen LogP contribution in [0, 0.1) is 34.0 Å². The zero-order valence-corrected chi connectivity index (χ0v) is 10.5. The molecule has 0 aromatic carbocycles. The van der Waals surface area contributed by atoms with Crippen LogP contribution >= 0.6 is 7.82 Å². The van der Waals surface area contributed by atoms with Gasteiger partial charge in [-0.2, -0.15) is 15.8 Å². The summed E-state index contributed by atoms with van der Waals surface area (Å²) in [5, 5.41) is 25.6. The standard InChI is InChI=1S/C9H12N3O4P/c1-7(4-10)14-17(13,15-8(2)5-11)16-9(3)6-12/h7-9H,1-3H3. The van der Waals surface area contributed by atoms with Gasteiger partial charge < -0.3 is 0 Å². The molecule has 7 nitrogen and oxygen atoms in total. The Hall–Kier alpha value is -1.42. The van der Waals surface area contributed by atoms with Gasteiger partial charge in [-0.15, -0.1) is 0 Å². The highest BCUT2D eigenvalue weighted by Gasteiger charge is 2.34. The van der Waals surface area contributed by atoms with Crippen molar-refractivity contribution in [1.29, 1.82) is 15.8 Å². The summed E-state index contributed by atoms with van der Waals surface area (Å²) in [6.07, 6.45) is -3.13. The zero-order valence-electron chi connectivity index (χ0n) is 9.65. The fraction of sp³-hybridized carbons (Fsp3) is 0.667. The third kappa shape index (κ3) is 6.02. The van der Waals surface area contributed by atoms with Gasteiger partial charge in [-0.25, -0.2) is 4.57 Å². The maximum atomic E-state index is 12.0. The molecule has 0 aliphatic rings. The quantitative estimate of drug-likeness (QED) is 0.666. The Balaban J connectivity index is 4.84. The van der Waals surface area contributed by atoms with E-state index in [0.29, 0.717) is 0 Å². The van der Waals surface area contributed by atoms with Gasteiger partial charge in [-0.05, 0) is 20.8 Å².